The zero-order valence-electron chi connectivity index (χ0n) is 20.3. The van der Waals surface area contributed by atoms with E-state index < -0.39 is 0 Å². The monoisotopic (exact) mass is 472 g/mol. The highest BCUT2D eigenvalue weighted by atomic mass is 16.5. The van der Waals surface area contributed by atoms with Gasteiger partial charge in [0.2, 0.25) is 5.95 Å². The first-order valence-electron chi connectivity index (χ1n) is 11.5. The molecular weight excluding hydrogens is 444 g/mol. The average Bonchev–Trinajstić information content (AvgIpc) is 3.50. The molecule has 10 heteroatoms. The van der Waals surface area contributed by atoms with E-state index in [0.717, 1.165) is 30.8 Å². The lowest BCUT2D eigenvalue weighted by molar-refractivity contribution is 0.315. The normalized spacial score (nSPS) is 15.7. The van der Waals surface area contributed by atoms with Crippen molar-refractivity contribution in [3.63, 3.8) is 0 Å². The summed E-state index contributed by atoms with van der Waals surface area (Å²) >= 11 is 0. The third kappa shape index (κ3) is 4.78. The Balaban J connectivity index is 1.34. The third-order valence-corrected chi connectivity index (χ3v) is 6.25. The lowest BCUT2D eigenvalue weighted by Crippen LogP contribution is -2.32. The molecule has 0 radical (unpaired) electrons. The Morgan fingerprint density at radius 2 is 2.00 bits per heavy atom. The number of nitrogens with zero attached hydrogens (tertiary/aromatic N) is 7. The Hall–Kier alpha value is -4.05. The van der Waals surface area contributed by atoms with E-state index in [0.29, 0.717) is 40.4 Å². The summed E-state index contributed by atoms with van der Waals surface area (Å²) in [6.45, 7) is 3.56. The molecule has 1 N–H and O–H groups in total. The lowest BCUT2D eigenvalue weighted by atomic mass is 10.2. The van der Waals surface area contributed by atoms with Gasteiger partial charge in [0, 0.05) is 56.4 Å². The van der Waals surface area contributed by atoms with E-state index in [4.69, 9.17) is 4.74 Å². The molecule has 35 heavy (non-hydrogen) atoms. The molecule has 1 atom stereocenters. The number of hydrogen-bond acceptors (Lipinski definition) is 8. The molecule has 0 aromatic carbocycles. The minimum absolute atomic E-state index is 0.209. The summed E-state index contributed by atoms with van der Waals surface area (Å²) in [6, 6.07) is 7.70. The Bertz CT molecular complexity index is 1410. The molecule has 0 aliphatic carbocycles. The van der Waals surface area contributed by atoms with E-state index in [1.807, 2.05) is 32.3 Å². The number of aromatic amines is 1. The van der Waals surface area contributed by atoms with Gasteiger partial charge in [-0.1, -0.05) is 0 Å². The van der Waals surface area contributed by atoms with Gasteiger partial charge in [0.1, 0.15) is 11.5 Å². The predicted octanol–water partition coefficient (Wildman–Crippen LogP) is 2.87. The summed E-state index contributed by atoms with van der Waals surface area (Å²) in [5, 5.41) is 4.19. The van der Waals surface area contributed by atoms with Crippen molar-refractivity contribution in [2.75, 3.05) is 32.1 Å². The fourth-order valence-electron chi connectivity index (χ4n) is 4.20. The first-order chi connectivity index (χ1) is 16.9. The van der Waals surface area contributed by atoms with Gasteiger partial charge in [-0.3, -0.25) is 19.4 Å². The predicted molar refractivity (Wildman–Crippen MR) is 134 cm³/mol. The van der Waals surface area contributed by atoms with Crippen LogP contribution < -0.4 is 15.2 Å². The Labute approximate surface area is 203 Å². The van der Waals surface area contributed by atoms with Crippen molar-refractivity contribution >= 4 is 5.95 Å². The molecule has 5 rings (SSSR count). The van der Waals surface area contributed by atoms with Crippen molar-refractivity contribution in [3.05, 3.63) is 65.1 Å². The van der Waals surface area contributed by atoms with Gasteiger partial charge in [0.15, 0.2) is 0 Å². The minimum Gasteiger partial charge on any atom is -0.455 e. The molecule has 1 fully saturated rings. The van der Waals surface area contributed by atoms with Crippen LogP contribution in [0.3, 0.4) is 0 Å². The topological polar surface area (TPSA) is 105 Å². The Kier molecular flexibility index (Phi) is 6.04. The molecule has 1 saturated heterocycles. The number of H-pyrrole nitrogens is 1. The highest BCUT2D eigenvalue weighted by molar-refractivity contribution is 5.60. The lowest BCUT2D eigenvalue weighted by Gasteiger charge is -2.20. The van der Waals surface area contributed by atoms with Gasteiger partial charge in [0.05, 0.1) is 28.8 Å². The molecule has 4 aromatic rings. The van der Waals surface area contributed by atoms with Crippen LogP contribution in [0, 0.1) is 6.92 Å². The number of rotatable bonds is 6. The fraction of sp³-hybridized carbons (Fsp3) is 0.320. The third-order valence-electron chi connectivity index (χ3n) is 6.25. The second-order valence-electron chi connectivity index (χ2n) is 8.96. The van der Waals surface area contributed by atoms with Crippen molar-refractivity contribution in [2.45, 2.75) is 19.4 Å². The molecule has 0 bridgehead atoms. The maximum Gasteiger partial charge on any atom is 0.261 e. The first kappa shape index (κ1) is 22.7. The number of pyridine rings is 2. The molecule has 180 valence electrons. The van der Waals surface area contributed by atoms with Crippen LogP contribution in [0.1, 0.15) is 12.1 Å². The largest absolute Gasteiger partial charge is 0.455 e. The summed E-state index contributed by atoms with van der Waals surface area (Å²) in [4.78, 5) is 33.6. The smallest absolute Gasteiger partial charge is 0.261 e. The second-order valence-corrected chi connectivity index (χ2v) is 8.96. The van der Waals surface area contributed by atoms with Crippen molar-refractivity contribution in [1.82, 2.24) is 34.6 Å². The van der Waals surface area contributed by atoms with Gasteiger partial charge < -0.3 is 14.5 Å². The number of aromatic nitrogens is 6. The number of likely N-dealkylation sites (N-methyl/N-ethyl adjacent to an activating group) is 1. The summed E-state index contributed by atoms with van der Waals surface area (Å²) in [5.41, 5.74) is 3.11. The SMILES string of the molecule is Cc1nc(-c2cnc(N3CC[C@H](N(C)C)C3)[nH]c2=O)ccc1Oc1ccnc(-c2cnn(C)c2)c1. The fourth-order valence-corrected chi connectivity index (χ4v) is 4.20. The second kappa shape index (κ2) is 9.30. The molecule has 4 aromatic heterocycles. The van der Waals surface area contributed by atoms with Gasteiger partial charge in [-0.2, -0.15) is 5.10 Å². The van der Waals surface area contributed by atoms with Gasteiger partial charge in [-0.25, -0.2) is 9.97 Å². The average molecular weight is 473 g/mol. The Morgan fingerprint density at radius 1 is 1.14 bits per heavy atom. The molecule has 0 saturated carbocycles. The van der Waals surface area contributed by atoms with Gasteiger partial charge in [0.25, 0.3) is 5.56 Å². The number of anilines is 1. The van der Waals surface area contributed by atoms with E-state index in [9.17, 15) is 4.79 Å². The molecule has 1 aliphatic heterocycles. The van der Waals surface area contributed by atoms with Gasteiger partial charge in [-0.15, -0.1) is 0 Å². The Morgan fingerprint density at radius 3 is 2.69 bits per heavy atom. The van der Waals surface area contributed by atoms with E-state index in [1.165, 1.54) is 0 Å². The van der Waals surface area contributed by atoms with Crippen LogP contribution >= 0.6 is 0 Å². The highest BCUT2D eigenvalue weighted by Gasteiger charge is 2.25. The number of ether oxygens (including phenoxy) is 1. The van der Waals surface area contributed by atoms with Crippen molar-refractivity contribution in [3.8, 4) is 34.0 Å². The molecule has 1 aliphatic rings. The zero-order valence-corrected chi connectivity index (χ0v) is 20.3. The van der Waals surface area contributed by atoms with Crippen LogP contribution in [0.4, 0.5) is 5.95 Å². The van der Waals surface area contributed by atoms with E-state index in [-0.39, 0.29) is 5.56 Å². The van der Waals surface area contributed by atoms with Gasteiger partial charge >= 0.3 is 0 Å². The summed E-state index contributed by atoms with van der Waals surface area (Å²) < 4.78 is 7.80. The summed E-state index contributed by atoms with van der Waals surface area (Å²) in [5.74, 6) is 1.84. The number of nitrogens with one attached hydrogen (secondary N) is 1. The van der Waals surface area contributed by atoms with E-state index in [1.54, 1.807) is 35.4 Å². The number of aryl methyl sites for hydroxylation is 2. The van der Waals surface area contributed by atoms with Crippen LogP contribution in [0.5, 0.6) is 11.5 Å². The van der Waals surface area contributed by atoms with Crippen LogP contribution in [-0.2, 0) is 7.05 Å². The molecule has 0 spiro atoms. The van der Waals surface area contributed by atoms with Crippen molar-refractivity contribution < 1.29 is 4.74 Å². The minimum atomic E-state index is -0.209. The van der Waals surface area contributed by atoms with E-state index in [2.05, 4.69) is 48.9 Å². The maximum absolute atomic E-state index is 12.9. The molecule has 0 unspecified atom stereocenters. The standard InChI is InChI=1S/C25H28N8O2/c1-16-23(35-19-7-9-26-22(11-19)17-12-28-32(4)14-17)6-5-21(29-16)20-13-27-25(30-24(20)34)33-10-8-18(15-33)31(2)3/h5-7,9,11-14,18H,8,10,15H2,1-4H3,(H,27,30,34)/t18-/m0/s1. The van der Waals surface area contributed by atoms with E-state index >= 15 is 0 Å². The van der Waals surface area contributed by atoms with Crippen LogP contribution in [0.25, 0.3) is 22.5 Å². The maximum atomic E-state index is 12.9. The quantitative estimate of drug-likeness (QED) is 0.457. The molecule has 0 amide bonds. The highest BCUT2D eigenvalue weighted by Crippen LogP contribution is 2.28. The molecular formula is C25H28N8O2. The van der Waals surface area contributed by atoms with Gasteiger partial charge in [-0.05, 0) is 45.6 Å². The number of hydrogen-bond donors (Lipinski definition) is 1. The van der Waals surface area contributed by atoms with Crippen molar-refractivity contribution in [2.24, 2.45) is 7.05 Å². The van der Waals surface area contributed by atoms with Crippen LogP contribution in [0.15, 0.2) is 53.8 Å². The molecule has 10 nitrogen and oxygen atoms in total. The molecule has 5 heterocycles. The first-order valence-corrected chi connectivity index (χ1v) is 11.5. The van der Waals surface area contributed by atoms with Crippen LogP contribution in [0.2, 0.25) is 0 Å². The summed E-state index contributed by atoms with van der Waals surface area (Å²) in [7, 11) is 6.01. The zero-order chi connectivity index (χ0) is 24.5. The van der Waals surface area contributed by atoms with Crippen LogP contribution in [-0.4, -0.2) is 67.8 Å². The summed E-state index contributed by atoms with van der Waals surface area (Å²) in [6.07, 6.45) is 8.00. The van der Waals surface area contributed by atoms with Crippen molar-refractivity contribution in [1.29, 1.82) is 0 Å².